The number of phenols is 1. The maximum Gasteiger partial charge on any atom is 0.240 e. The van der Waals surface area contributed by atoms with Crippen molar-refractivity contribution in [2.24, 2.45) is 5.73 Å². The minimum Gasteiger partial charge on any atom is -0.508 e. The van der Waals surface area contributed by atoms with Crippen LogP contribution in [-0.2, 0) is 30.6 Å². The van der Waals surface area contributed by atoms with Gasteiger partial charge in [-0.05, 0) is 58.8 Å². The van der Waals surface area contributed by atoms with Crippen LogP contribution in [0.4, 0.5) is 0 Å². The van der Waals surface area contributed by atoms with Crippen molar-refractivity contribution in [1.82, 2.24) is 25.1 Å². The summed E-state index contributed by atoms with van der Waals surface area (Å²) < 4.78 is 0. The van der Waals surface area contributed by atoms with Gasteiger partial charge in [0.15, 0.2) is 5.82 Å². The van der Waals surface area contributed by atoms with Crippen molar-refractivity contribution >= 4 is 28.1 Å². The number of hydrogen-bond acceptors (Lipinski definition) is 6. The highest BCUT2D eigenvalue weighted by Gasteiger charge is 2.28. The molecule has 2 aromatic carbocycles. The van der Waals surface area contributed by atoms with Crippen LogP contribution in [0.2, 0.25) is 0 Å². The molecule has 37 heavy (non-hydrogen) atoms. The third-order valence-electron chi connectivity index (χ3n) is 7.03. The van der Waals surface area contributed by atoms with Gasteiger partial charge in [0.1, 0.15) is 11.4 Å². The first-order valence-electron chi connectivity index (χ1n) is 12.5. The number of H-pyrrole nitrogens is 2. The Bertz CT molecular complexity index is 1590. The fraction of sp³-hybridized carbons (Fsp3) is 0.250. The van der Waals surface area contributed by atoms with Crippen LogP contribution in [0.3, 0.4) is 0 Å². The second-order valence-corrected chi connectivity index (χ2v) is 10.5. The van der Waals surface area contributed by atoms with E-state index in [9.17, 15) is 9.90 Å². The van der Waals surface area contributed by atoms with Crippen molar-refractivity contribution in [2.45, 2.75) is 38.8 Å². The Morgan fingerprint density at radius 2 is 2.14 bits per heavy atom. The smallest absolute Gasteiger partial charge is 0.240 e. The third-order valence-corrected chi connectivity index (χ3v) is 7.93. The van der Waals surface area contributed by atoms with Crippen molar-refractivity contribution in [3.05, 3.63) is 75.7 Å². The summed E-state index contributed by atoms with van der Waals surface area (Å²) in [5, 5.41) is 20.5. The van der Waals surface area contributed by atoms with E-state index >= 15 is 0 Å². The number of imidazole rings is 1. The second-order valence-electron chi connectivity index (χ2n) is 9.44. The molecule has 8 nitrogen and oxygen atoms in total. The minimum atomic E-state index is -0.547. The normalized spacial score (nSPS) is 14.2. The van der Waals surface area contributed by atoms with E-state index in [0.717, 1.165) is 56.0 Å². The van der Waals surface area contributed by atoms with Gasteiger partial charge in [-0.3, -0.25) is 9.89 Å². The summed E-state index contributed by atoms with van der Waals surface area (Å²) in [6.45, 7) is 3.15. The second kappa shape index (κ2) is 9.49. The molecule has 0 radical (unpaired) electrons. The fourth-order valence-corrected chi connectivity index (χ4v) is 5.85. The van der Waals surface area contributed by atoms with Crippen LogP contribution in [0.1, 0.15) is 28.8 Å². The minimum absolute atomic E-state index is 0.0337. The van der Waals surface area contributed by atoms with Crippen molar-refractivity contribution < 1.29 is 9.90 Å². The Labute approximate surface area is 218 Å². The first-order chi connectivity index (χ1) is 18.0. The Balaban J connectivity index is 1.24. The van der Waals surface area contributed by atoms with Gasteiger partial charge < -0.3 is 20.7 Å². The number of nitrogens with zero attached hydrogens (tertiary/aromatic N) is 3. The number of carbonyl (C=O) groups excluding carboxylic acids is 1. The van der Waals surface area contributed by atoms with Crippen molar-refractivity contribution in [3.8, 4) is 28.4 Å². The molecule has 1 atom stereocenters. The summed E-state index contributed by atoms with van der Waals surface area (Å²) in [5.41, 5.74) is 13.1. The van der Waals surface area contributed by atoms with Gasteiger partial charge in [-0.15, -0.1) is 11.3 Å². The average Bonchev–Trinajstić information content (AvgIpc) is 3.66. The van der Waals surface area contributed by atoms with Crippen LogP contribution in [0.25, 0.3) is 33.5 Å². The molecule has 0 spiro atoms. The van der Waals surface area contributed by atoms with E-state index in [2.05, 4.69) is 40.3 Å². The SMILES string of the molecule is CCc1cc(O)ccc1-c1ccc2c(-c3nc4c([nH]3)CN(C(=O)[C@@H](N)Cc3cccs3)CC4)n[nH]c2c1. The van der Waals surface area contributed by atoms with Gasteiger partial charge in [-0.25, -0.2) is 4.98 Å². The number of nitrogens with one attached hydrogen (secondary N) is 2. The van der Waals surface area contributed by atoms with Gasteiger partial charge in [0.25, 0.3) is 0 Å². The van der Waals surface area contributed by atoms with Crippen LogP contribution in [0.5, 0.6) is 5.75 Å². The van der Waals surface area contributed by atoms with Gasteiger partial charge in [0.2, 0.25) is 5.91 Å². The molecular weight excluding hydrogens is 484 g/mol. The summed E-state index contributed by atoms with van der Waals surface area (Å²) in [6, 6.07) is 15.1. The lowest BCUT2D eigenvalue weighted by molar-refractivity contribution is -0.133. The highest BCUT2D eigenvalue weighted by molar-refractivity contribution is 7.09. The standard InChI is InChI=1S/C28H28N6O2S/c1-2-16-12-18(35)6-8-20(16)17-5-7-21-24(13-17)32-33-26(21)27-30-23-9-10-34(15-25(23)31-27)28(36)22(29)14-19-4-3-11-37-19/h3-8,11-13,22,35H,2,9-10,14-15,29H2,1H3,(H,30,31)(H,32,33)/t22-/m0/s1. The molecule has 0 bridgehead atoms. The first kappa shape index (κ1) is 23.4. The number of amides is 1. The summed E-state index contributed by atoms with van der Waals surface area (Å²) >= 11 is 1.62. The van der Waals surface area contributed by atoms with Crippen LogP contribution < -0.4 is 5.73 Å². The number of aromatic amines is 2. The summed E-state index contributed by atoms with van der Waals surface area (Å²) in [6.07, 6.45) is 2.06. The number of aromatic nitrogens is 4. The van der Waals surface area contributed by atoms with E-state index in [-0.39, 0.29) is 11.7 Å². The van der Waals surface area contributed by atoms with Gasteiger partial charge in [0, 0.05) is 29.6 Å². The van der Waals surface area contributed by atoms with Crippen LogP contribution in [0.15, 0.2) is 53.9 Å². The van der Waals surface area contributed by atoms with E-state index < -0.39 is 6.04 Å². The molecule has 5 N–H and O–H groups in total. The Hall–Kier alpha value is -3.95. The number of fused-ring (bicyclic) bond motifs is 2. The molecule has 6 rings (SSSR count). The Morgan fingerprint density at radius 3 is 2.95 bits per heavy atom. The highest BCUT2D eigenvalue weighted by Crippen LogP contribution is 2.33. The largest absolute Gasteiger partial charge is 0.508 e. The molecule has 1 aliphatic heterocycles. The lowest BCUT2D eigenvalue weighted by atomic mass is 9.97. The number of aromatic hydroxyl groups is 1. The number of carbonyl (C=O) groups is 1. The zero-order chi connectivity index (χ0) is 25.5. The molecule has 3 aromatic heterocycles. The fourth-order valence-electron chi connectivity index (χ4n) is 5.08. The van der Waals surface area contributed by atoms with Crippen molar-refractivity contribution in [2.75, 3.05) is 6.54 Å². The Morgan fingerprint density at radius 1 is 1.24 bits per heavy atom. The number of phenolic OH excluding ortho intramolecular Hbond substituents is 1. The zero-order valence-corrected chi connectivity index (χ0v) is 21.3. The predicted octanol–water partition coefficient (Wildman–Crippen LogP) is 4.40. The molecule has 0 unspecified atom stereocenters. The highest BCUT2D eigenvalue weighted by atomic mass is 32.1. The zero-order valence-electron chi connectivity index (χ0n) is 20.5. The van der Waals surface area contributed by atoms with Crippen molar-refractivity contribution in [1.29, 1.82) is 0 Å². The third kappa shape index (κ3) is 4.41. The number of hydrogen-bond donors (Lipinski definition) is 4. The summed E-state index contributed by atoms with van der Waals surface area (Å²) in [7, 11) is 0. The van der Waals surface area contributed by atoms with Gasteiger partial charge in [-0.1, -0.05) is 25.1 Å². The molecule has 9 heteroatoms. The maximum absolute atomic E-state index is 13.0. The molecule has 1 amide bonds. The molecule has 4 heterocycles. The van der Waals surface area contributed by atoms with E-state index in [1.165, 1.54) is 0 Å². The monoisotopic (exact) mass is 512 g/mol. The quantitative estimate of drug-likeness (QED) is 0.268. The van der Waals surface area contributed by atoms with Crippen LogP contribution >= 0.6 is 11.3 Å². The van der Waals surface area contributed by atoms with Gasteiger partial charge in [-0.2, -0.15) is 5.10 Å². The molecule has 188 valence electrons. The average molecular weight is 513 g/mol. The van der Waals surface area contributed by atoms with Crippen molar-refractivity contribution in [3.63, 3.8) is 0 Å². The lowest BCUT2D eigenvalue weighted by Gasteiger charge is -2.28. The number of rotatable bonds is 6. The predicted molar refractivity (Wildman–Crippen MR) is 145 cm³/mol. The van der Waals surface area contributed by atoms with E-state index in [4.69, 9.17) is 10.7 Å². The first-order valence-corrected chi connectivity index (χ1v) is 13.3. The summed E-state index contributed by atoms with van der Waals surface area (Å²) in [5.74, 6) is 0.936. The van der Waals surface area contributed by atoms with Crippen LogP contribution in [-0.4, -0.2) is 48.7 Å². The molecule has 0 fully saturated rings. The number of benzene rings is 2. The molecule has 0 aliphatic carbocycles. The van der Waals surface area contributed by atoms with Crippen LogP contribution in [0, 0.1) is 0 Å². The molecule has 0 saturated carbocycles. The number of nitrogens with two attached hydrogens (primary N) is 1. The van der Waals surface area contributed by atoms with E-state index in [1.54, 1.807) is 17.4 Å². The van der Waals surface area contributed by atoms with Gasteiger partial charge >= 0.3 is 0 Å². The number of thiophene rings is 1. The topological polar surface area (TPSA) is 124 Å². The summed E-state index contributed by atoms with van der Waals surface area (Å²) in [4.78, 5) is 24.2. The Kier molecular flexibility index (Phi) is 6.02. The lowest BCUT2D eigenvalue weighted by Crippen LogP contribution is -2.46. The van der Waals surface area contributed by atoms with E-state index in [1.807, 2.05) is 34.5 Å². The molecule has 1 aliphatic rings. The van der Waals surface area contributed by atoms with Gasteiger partial charge in [0.05, 0.1) is 29.5 Å². The molecule has 0 saturated heterocycles. The van der Waals surface area contributed by atoms with E-state index in [0.29, 0.717) is 31.8 Å². The molecular formula is C28H28N6O2S. The molecule has 5 aromatic rings. The maximum atomic E-state index is 13.0. The number of aryl methyl sites for hydroxylation is 1.